The topological polar surface area (TPSA) is 311 Å². The molecule has 2 saturated heterocycles. The molecule has 0 aromatic carbocycles. The molecule has 17 heteroatoms. The van der Waals surface area contributed by atoms with E-state index in [-0.39, 0.29) is 0 Å². The number of hydrogen-bond donors (Lipinski definition) is 14. The Bertz CT molecular complexity index is 580. The molecule has 3 rings (SSSR count). The van der Waals surface area contributed by atoms with Crippen LogP contribution < -0.4 is 0 Å². The molecular weight excluding hydrogens is 488 g/mol. The molecule has 2 aliphatic heterocycles. The van der Waals surface area contributed by atoms with Gasteiger partial charge >= 0.3 is 0 Å². The summed E-state index contributed by atoms with van der Waals surface area (Å²) in [6, 6.07) is 0. The smallest absolute Gasteiger partial charge is 0.187 e. The van der Waals surface area contributed by atoms with Crippen LogP contribution >= 0.6 is 0 Å². The second-order valence-electron chi connectivity index (χ2n) is 8.47. The summed E-state index contributed by atoms with van der Waals surface area (Å²) >= 11 is 0. The number of rotatable bonds is 4. The van der Waals surface area contributed by atoms with Gasteiger partial charge in [-0.15, -0.1) is 0 Å². The minimum Gasteiger partial charge on any atom is -0.394 e. The molecule has 0 bridgehead atoms. The van der Waals surface area contributed by atoms with E-state index in [0.29, 0.717) is 0 Å². The Morgan fingerprint density at radius 3 is 1.23 bits per heavy atom. The lowest BCUT2D eigenvalue weighted by molar-refractivity contribution is -0.355. The van der Waals surface area contributed by atoms with Gasteiger partial charge in [-0.1, -0.05) is 0 Å². The Kier molecular flexibility index (Phi) is 11.1. The Hall–Kier alpha value is -0.680. The van der Waals surface area contributed by atoms with Crippen LogP contribution in [-0.2, 0) is 14.2 Å². The Balaban J connectivity index is 0.000000303. The fraction of sp³-hybridized carbons (Fsp3) is 1.00. The normalized spacial score (nSPS) is 53.0. The van der Waals surface area contributed by atoms with Crippen molar-refractivity contribution in [3.05, 3.63) is 0 Å². The summed E-state index contributed by atoms with van der Waals surface area (Å²) in [6.45, 7) is -1.35. The van der Waals surface area contributed by atoms with Crippen LogP contribution in [0, 0.1) is 0 Å². The molecule has 10 atom stereocenters. The SMILES string of the molecule is OC[C@H]1O[C@H](O[C@H]2[C@H](O)[C@@H](O)[C@H](O)O[C@@H]2CO)[C@H](O)[C@@H](O)[C@@H]1O.O[C@H]1[C@H](O)[C@@H](O)[C@H](O)[C@@H](O)[C@H]1O. The van der Waals surface area contributed by atoms with Crippen molar-refractivity contribution < 1.29 is 85.7 Å². The van der Waals surface area contributed by atoms with Crippen molar-refractivity contribution in [3.63, 3.8) is 0 Å². The first-order chi connectivity index (χ1) is 16.3. The lowest BCUT2D eigenvalue weighted by Crippen LogP contribution is -2.64. The zero-order chi connectivity index (χ0) is 26.8. The van der Waals surface area contributed by atoms with Gasteiger partial charge in [0.05, 0.1) is 13.2 Å². The number of aliphatic hydroxyl groups is 14. The van der Waals surface area contributed by atoms with Crippen molar-refractivity contribution in [2.24, 2.45) is 0 Å². The molecule has 0 radical (unpaired) electrons. The molecule has 3 aliphatic rings. The molecule has 0 aromatic rings. The van der Waals surface area contributed by atoms with Gasteiger partial charge in [-0.3, -0.25) is 0 Å². The van der Waals surface area contributed by atoms with Gasteiger partial charge in [0.2, 0.25) is 0 Å². The van der Waals surface area contributed by atoms with Crippen LogP contribution in [0.25, 0.3) is 0 Å². The van der Waals surface area contributed by atoms with E-state index in [4.69, 9.17) is 50.0 Å². The van der Waals surface area contributed by atoms with Gasteiger partial charge in [0, 0.05) is 0 Å². The highest BCUT2D eigenvalue weighted by molar-refractivity contribution is 4.98. The van der Waals surface area contributed by atoms with E-state index in [9.17, 15) is 35.7 Å². The summed E-state index contributed by atoms with van der Waals surface area (Å²) in [5.74, 6) is 0. The Morgan fingerprint density at radius 1 is 0.429 bits per heavy atom. The average molecular weight is 522 g/mol. The molecule has 2 heterocycles. The molecular formula is C18H34O17. The minimum atomic E-state index is -1.74. The first kappa shape index (κ1) is 30.5. The monoisotopic (exact) mass is 522 g/mol. The maximum atomic E-state index is 9.94. The van der Waals surface area contributed by atoms with Gasteiger partial charge in [-0.25, -0.2) is 0 Å². The fourth-order valence-electron chi connectivity index (χ4n) is 3.78. The molecule has 1 aliphatic carbocycles. The quantitative estimate of drug-likeness (QED) is 0.163. The Morgan fingerprint density at radius 2 is 0.829 bits per heavy atom. The van der Waals surface area contributed by atoms with Crippen molar-refractivity contribution in [2.45, 2.75) is 98.0 Å². The van der Waals surface area contributed by atoms with Crippen LogP contribution in [0.15, 0.2) is 0 Å². The predicted molar refractivity (Wildman–Crippen MR) is 105 cm³/mol. The highest BCUT2D eigenvalue weighted by Crippen LogP contribution is 2.28. The van der Waals surface area contributed by atoms with E-state index in [0.717, 1.165) is 0 Å². The number of aliphatic hydroxyl groups excluding tert-OH is 14. The largest absolute Gasteiger partial charge is 0.394 e. The van der Waals surface area contributed by atoms with E-state index in [2.05, 4.69) is 0 Å². The third kappa shape index (κ3) is 6.43. The highest BCUT2D eigenvalue weighted by Gasteiger charge is 2.50. The zero-order valence-corrected chi connectivity index (χ0v) is 18.1. The van der Waals surface area contributed by atoms with Crippen LogP contribution in [0.4, 0.5) is 0 Å². The Labute approximate surface area is 197 Å². The summed E-state index contributed by atoms with van der Waals surface area (Å²) in [5.41, 5.74) is 0. The average Bonchev–Trinajstić information content (AvgIpc) is 2.85. The van der Waals surface area contributed by atoms with E-state index in [1.807, 2.05) is 0 Å². The van der Waals surface area contributed by atoms with Gasteiger partial charge in [0.15, 0.2) is 12.6 Å². The van der Waals surface area contributed by atoms with Crippen molar-refractivity contribution in [3.8, 4) is 0 Å². The second kappa shape index (κ2) is 12.7. The zero-order valence-electron chi connectivity index (χ0n) is 18.1. The minimum absolute atomic E-state index is 0.667. The van der Waals surface area contributed by atoms with Gasteiger partial charge in [-0.05, 0) is 0 Å². The first-order valence-electron chi connectivity index (χ1n) is 10.6. The summed E-state index contributed by atoms with van der Waals surface area (Å²) in [6.07, 6.45) is -25.4. The van der Waals surface area contributed by atoms with E-state index < -0.39 is 111 Å². The van der Waals surface area contributed by atoms with Crippen molar-refractivity contribution in [1.29, 1.82) is 0 Å². The molecule has 17 nitrogen and oxygen atoms in total. The van der Waals surface area contributed by atoms with Gasteiger partial charge in [-0.2, -0.15) is 0 Å². The van der Waals surface area contributed by atoms with Gasteiger partial charge in [0.25, 0.3) is 0 Å². The molecule has 0 unspecified atom stereocenters. The van der Waals surface area contributed by atoms with Crippen molar-refractivity contribution in [1.82, 2.24) is 0 Å². The summed E-state index contributed by atoms with van der Waals surface area (Å²) in [5, 5.41) is 130. The van der Waals surface area contributed by atoms with Crippen LogP contribution in [0.3, 0.4) is 0 Å². The van der Waals surface area contributed by atoms with Crippen LogP contribution in [-0.4, -0.2) is 183 Å². The maximum absolute atomic E-state index is 9.94. The third-order valence-corrected chi connectivity index (χ3v) is 6.08. The highest BCUT2D eigenvalue weighted by atomic mass is 16.7. The molecule has 0 spiro atoms. The lowest BCUT2D eigenvalue weighted by Gasteiger charge is -2.45. The van der Waals surface area contributed by atoms with Crippen LogP contribution in [0.2, 0.25) is 0 Å². The van der Waals surface area contributed by atoms with Gasteiger partial charge in [0.1, 0.15) is 85.5 Å². The second-order valence-corrected chi connectivity index (χ2v) is 8.47. The maximum Gasteiger partial charge on any atom is 0.187 e. The molecule has 0 amide bonds. The predicted octanol–water partition coefficient (Wildman–Crippen LogP) is -9.23. The standard InChI is InChI=1S/C12H22O11.C6H12O6/c13-1-3-5(15)6(16)9(19)12(22-3)23-10-4(2-14)21-11(20)8(18)7(10)17;7-1-2(8)4(10)6(12)5(11)3(1)9/h3-20H,1-2H2;1-12H/t3-,4-,5-,6+,7-,8-,9-,10-,11-,12-;1-,2-,3-,4+,5-,6-/m1./s1. The van der Waals surface area contributed by atoms with Crippen LogP contribution in [0.5, 0.6) is 0 Å². The summed E-state index contributed by atoms with van der Waals surface area (Å²) in [4.78, 5) is 0. The molecule has 0 aromatic heterocycles. The first-order valence-corrected chi connectivity index (χ1v) is 10.6. The summed E-state index contributed by atoms with van der Waals surface area (Å²) < 4.78 is 15.3. The van der Waals surface area contributed by atoms with E-state index in [1.54, 1.807) is 0 Å². The number of hydrogen-bond acceptors (Lipinski definition) is 17. The molecule has 35 heavy (non-hydrogen) atoms. The van der Waals surface area contributed by atoms with Gasteiger partial charge < -0.3 is 85.7 Å². The number of ether oxygens (including phenoxy) is 3. The van der Waals surface area contributed by atoms with Crippen LogP contribution in [0.1, 0.15) is 0 Å². The van der Waals surface area contributed by atoms with Crippen molar-refractivity contribution >= 4 is 0 Å². The molecule has 3 fully saturated rings. The van der Waals surface area contributed by atoms with E-state index >= 15 is 0 Å². The fourth-order valence-corrected chi connectivity index (χ4v) is 3.78. The molecule has 14 N–H and O–H groups in total. The van der Waals surface area contributed by atoms with E-state index in [1.165, 1.54) is 0 Å². The lowest BCUT2D eigenvalue weighted by atomic mass is 9.85. The third-order valence-electron chi connectivity index (χ3n) is 6.08. The summed E-state index contributed by atoms with van der Waals surface area (Å²) in [7, 11) is 0. The molecule has 208 valence electrons. The van der Waals surface area contributed by atoms with Crippen molar-refractivity contribution in [2.75, 3.05) is 13.2 Å². The molecule has 1 saturated carbocycles.